The maximum Gasteiger partial charge on any atom is 0.254 e. The Morgan fingerprint density at radius 3 is 2.10 bits per heavy atom. The molecular formula is C15H11F4NO. The second kappa shape index (κ2) is 5.95. The Morgan fingerprint density at radius 1 is 0.952 bits per heavy atom. The molecule has 1 N–H and O–H groups in total. The van der Waals surface area contributed by atoms with Crippen LogP contribution in [0.2, 0.25) is 0 Å². The van der Waals surface area contributed by atoms with Crippen molar-refractivity contribution < 1.29 is 22.4 Å². The number of amides is 1. The largest absolute Gasteiger partial charge is 0.345 e. The van der Waals surface area contributed by atoms with Gasteiger partial charge in [0.15, 0.2) is 0 Å². The van der Waals surface area contributed by atoms with Crippen molar-refractivity contribution in [3.8, 4) is 0 Å². The first kappa shape index (κ1) is 15.0. The monoisotopic (exact) mass is 297 g/mol. The molecule has 1 atom stereocenters. The standard InChI is InChI=1S/C15H11F4NO/c1-8(11-4-2-9(16)6-13(11)18)20-15(21)12-5-3-10(17)7-14(12)19/h2-8H,1H3,(H,20,21)/t8-/m0/s1. The van der Waals surface area contributed by atoms with Gasteiger partial charge in [-0.2, -0.15) is 0 Å². The lowest BCUT2D eigenvalue weighted by molar-refractivity contribution is 0.0935. The third-order valence-electron chi connectivity index (χ3n) is 2.95. The molecular weight excluding hydrogens is 286 g/mol. The number of rotatable bonds is 3. The zero-order chi connectivity index (χ0) is 15.6. The first-order valence-electron chi connectivity index (χ1n) is 6.09. The Kier molecular flexibility index (Phi) is 4.26. The van der Waals surface area contributed by atoms with Gasteiger partial charge >= 0.3 is 0 Å². The molecule has 0 heterocycles. The predicted octanol–water partition coefficient (Wildman–Crippen LogP) is 3.73. The molecule has 0 aliphatic heterocycles. The fourth-order valence-corrected chi connectivity index (χ4v) is 1.88. The van der Waals surface area contributed by atoms with E-state index in [4.69, 9.17) is 0 Å². The molecule has 2 aromatic carbocycles. The van der Waals surface area contributed by atoms with Gasteiger partial charge in [-0.25, -0.2) is 17.6 Å². The molecule has 0 fully saturated rings. The minimum atomic E-state index is -1.01. The van der Waals surface area contributed by atoms with E-state index in [1.54, 1.807) is 0 Å². The van der Waals surface area contributed by atoms with E-state index in [2.05, 4.69) is 5.32 Å². The molecule has 6 heteroatoms. The van der Waals surface area contributed by atoms with E-state index in [0.29, 0.717) is 12.1 Å². The van der Waals surface area contributed by atoms with Crippen LogP contribution in [0, 0.1) is 23.3 Å². The average Bonchev–Trinajstić information content (AvgIpc) is 2.37. The maximum atomic E-state index is 13.6. The normalized spacial score (nSPS) is 12.0. The summed E-state index contributed by atoms with van der Waals surface area (Å²) in [5, 5.41) is 2.37. The molecule has 0 bridgehead atoms. The second-order valence-corrected chi connectivity index (χ2v) is 4.49. The molecule has 0 saturated carbocycles. The van der Waals surface area contributed by atoms with Crippen molar-refractivity contribution in [3.63, 3.8) is 0 Å². The van der Waals surface area contributed by atoms with Crippen LogP contribution in [0.1, 0.15) is 28.9 Å². The van der Waals surface area contributed by atoms with E-state index < -0.39 is 35.2 Å². The van der Waals surface area contributed by atoms with E-state index in [1.807, 2.05) is 0 Å². The Morgan fingerprint density at radius 2 is 1.52 bits per heavy atom. The quantitative estimate of drug-likeness (QED) is 0.859. The molecule has 2 aromatic rings. The van der Waals surface area contributed by atoms with Crippen LogP contribution in [0.5, 0.6) is 0 Å². The van der Waals surface area contributed by atoms with Crippen molar-refractivity contribution in [3.05, 3.63) is 70.8 Å². The molecule has 0 aromatic heterocycles. The van der Waals surface area contributed by atoms with Crippen molar-refractivity contribution in [1.29, 1.82) is 0 Å². The lowest BCUT2D eigenvalue weighted by Crippen LogP contribution is -2.28. The van der Waals surface area contributed by atoms with Gasteiger partial charge in [-0.15, -0.1) is 0 Å². The zero-order valence-corrected chi connectivity index (χ0v) is 11.0. The van der Waals surface area contributed by atoms with E-state index >= 15 is 0 Å². The topological polar surface area (TPSA) is 29.1 Å². The van der Waals surface area contributed by atoms with Crippen molar-refractivity contribution >= 4 is 5.91 Å². The van der Waals surface area contributed by atoms with Crippen LogP contribution in [0.25, 0.3) is 0 Å². The van der Waals surface area contributed by atoms with Gasteiger partial charge in [0, 0.05) is 17.7 Å². The van der Waals surface area contributed by atoms with E-state index in [1.165, 1.54) is 13.0 Å². The second-order valence-electron chi connectivity index (χ2n) is 4.49. The summed E-state index contributed by atoms with van der Waals surface area (Å²) in [5.74, 6) is -4.19. The number of carbonyl (C=O) groups excluding carboxylic acids is 1. The Hall–Kier alpha value is -2.37. The molecule has 21 heavy (non-hydrogen) atoms. The molecule has 0 radical (unpaired) electrons. The first-order valence-corrected chi connectivity index (χ1v) is 6.09. The van der Waals surface area contributed by atoms with E-state index in [0.717, 1.165) is 18.2 Å². The fourth-order valence-electron chi connectivity index (χ4n) is 1.88. The summed E-state index contributed by atoms with van der Waals surface area (Å²) in [5.41, 5.74) is -0.293. The number of benzene rings is 2. The summed E-state index contributed by atoms with van der Waals surface area (Å²) in [6.45, 7) is 1.47. The summed E-state index contributed by atoms with van der Waals surface area (Å²) in [7, 11) is 0. The lowest BCUT2D eigenvalue weighted by atomic mass is 10.1. The minimum absolute atomic E-state index is 0.0623. The van der Waals surface area contributed by atoms with Crippen molar-refractivity contribution in [1.82, 2.24) is 5.32 Å². The van der Waals surface area contributed by atoms with Crippen LogP contribution in [0.4, 0.5) is 17.6 Å². The molecule has 2 nitrogen and oxygen atoms in total. The number of nitrogens with one attached hydrogen (secondary N) is 1. The molecule has 0 unspecified atom stereocenters. The Balaban J connectivity index is 2.18. The van der Waals surface area contributed by atoms with Crippen LogP contribution >= 0.6 is 0 Å². The van der Waals surface area contributed by atoms with Crippen LogP contribution in [0.3, 0.4) is 0 Å². The number of halogens is 4. The summed E-state index contributed by atoms with van der Waals surface area (Å²) in [6.07, 6.45) is 0. The molecule has 0 aliphatic rings. The fraction of sp³-hybridized carbons (Fsp3) is 0.133. The summed E-state index contributed by atoms with van der Waals surface area (Å²) < 4.78 is 52.6. The van der Waals surface area contributed by atoms with Crippen LogP contribution in [0.15, 0.2) is 36.4 Å². The lowest BCUT2D eigenvalue weighted by Gasteiger charge is -2.15. The van der Waals surface area contributed by atoms with Gasteiger partial charge in [-0.3, -0.25) is 4.79 Å². The van der Waals surface area contributed by atoms with Crippen molar-refractivity contribution in [2.75, 3.05) is 0 Å². The molecule has 0 aliphatic carbocycles. The zero-order valence-electron chi connectivity index (χ0n) is 11.0. The van der Waals surface area contributed by atoms with Crippen LogP contribution in [-0.2, 0) is 0 Å². The number of hydrogen-bond acceptors (Lipinski definition) is 1. The van der Waals surface area contributed by atoms with Gasteiger partial charge in [0.1, 0.15) is 23.3 Å². The average molecular weight is 297 g/mol. The van der Waals surface area contributed by atoms with Gasteiger partial charge in [0.2, 0.25) is 0 Å². The maximum absolute atomic E-state index is 13.6. The SMILES string of the molecule is C[C@H](NC(=O)c1ccc(F)cc1F)c1ccc(F)cc1F. The smallest absolute Gasteiger partial charge is 0.254 e. The van der Waals surface area contributed by atoms with Gasteiger partial charge in [0.25, 0.3) is 5.91 Å². The first-order chi connectivity index (χ1) is 9.88. The molecule has 110 valence electrons. The van der Waals surface area contributed by atoms with Crippen molar-refractivity contribution in [2.45, 2.75) is 13.0 Å². The number of hydrogen-bond donors (Lipinski definition) is 1. The predicted molar refractivity (Wildman–Crippen MR) is 68.6 cm³/mol. The summed E-state index contributed by atoms with van der Waals surface area (Å²) in [6, 6.07) is 4.65. The van der Waals surface area contributed by atoms with Crippen molar-refractivity contribution in [2.24, 2.45) is 0 Å². The highest BCUT2D eigenvalue weighted by Crippen LogP contribution is 2.19. The number of carbonyl (C=O) groups is 1. The highest BCUT2D eigenvalue weighted by molar-refractivity contribution is 5.94. The Labute approximate surface area is 118 Å². The van der Waals surface area contributed by atoms with Gasteiger partial charge < -0.3 is 5.32 Å². The molecule has 0 spiro atoms. The third-order valence-corrected chi connectivity index (χ3v) is 2.95. The van der Waals surface area contributed by atoms with Gasteiger partial charge in [0.05, 0.1) is 11.6 Å². The molecule has 1 amide bonds. The molecule has 2 rings (SSSR count). The highest BCUT2D eigenvalue weighted by atomic mass is 19.1. The molecule has 0 saturated heterocycles. The van der Waals surface area contributed by atoms with Crippen LogP contribution < -0.4 is 5.32 Å². The highest BCUT2D eigenvalue weighted by Gasteiger charge is 2.18. The third kappa shape index (κ3) is 3.39. The van der Waals surface area contributed by atoms with E-state index in [-0.39, 0.29) is 11.1 Å². The minimum Gasteiger partial charge on any atom is -0.345 e. The summed E-state index contributed by atoms with van der Waals surface area (Å²) >= 11 is 0. The van der Waals surface area contributed by atoms with E-state index in [9.17, 15) is 22.4 Å². The Bertz CT molecular complexity index is 687. The van der Waals surface area contributed by atoms with Gasteiger partial charge in [-0.1, -0.05) is 6.07 Å². The van der Waals surface area contributed by atoms with Crippen LogP contribution in [-0.4, -0.2) is 5.91 Å². The summed E-state index contributed by atoms with van der Waals surface area (Å²) in [4.78, 5) is 11.9. The van der Waals surface area contributed by atoms with Gasteiger partial charge in [-0.05, 0) is 25.1 Å².